The van der Waals surface area contributed by atoms with Crippen LogP contribution in [0.2, 0.25) is 0 Å². The molecule has 0 aliphatic heterocycles. The topological polar surface area (TPSA) is 75.4 Å². The molecule has 0 spiro atoms. The van der Waals surface area contributed by atoms with Gasteiger partial charge in [-0.2, -0.15) is 0 Å². The average molecular weight is 277 g/mol. The fourth-order valence-corrected chi connectivity index (χ4v) is 1.77. The maximum absolute atomic E-state index is 12.1. The molecule has 0 saturated carbocycles. The van der Waals surface area contributed by atoms with E-state index in [1.54, 1.807) is 24.3 Å². The molecule has 20 heavy (non-hydrogen) atoms. The number of amides is 2. The lowest BCUT2D eigenvalue weighted by atomic mass is 10.2. The van der Waals surface area contributed by atoms with Crippen LogP contribution in [0.25, 0.3) is 0 Å². The van der Waals surface area contributed by atoms with E-state index in [-0.39, 0.29) is 11.9 Å². The summed E-state index contributed by atoms with van der Waals surface area (Å²) in [7, 11) is 1.94. The number of nitrogens with zero attached hydrogens (tertiary/aromatic N) is 1. The average Bonchev–Trinajstić information content (AvgIpc) is 2.44. The van der Waals surface area contributed by atoms with Gasteiger partial charge in [0.1, 0.15) is 0 Å². The van der Waals surface area contributed by atoms with Crippen LogP contribution in [-0.2, 0) is 4.79 Å². The Bertz CT molecular complexity index is 457. The van der Waals surface area contributed by atoms with Crippen LogP contribution in [0.5, 0.6) is 0 Å². The Balaban J connectivity index is 2.58. The lowest BCUT2D eigenvalue weighted by molar-refractivity contribution is -0.120. The minimum Gasteiger partial charge on any atom is -0.366 e. The molecule has 0 heterocycles. The first kappa shape index (κ1) is 16.2. The van der Waals surface area contributed by atoms with Crippen molar-refractivity contribution in [3.8, 4) is 0 Å². The number of carbonyl (C=O) groups excluding carboxylic acids is 2. The SMILES string of the molecule is CCCCN(C)[C@@H](C)C(=O)Nc1ccc(C(N)=O)cc1. The van der Waals surface area contributed by atoms with Crippen LogP contribution in [0.3, 0.4) is 0 Å². The van der Waals surface area contributed by atoms with E-state index in [0.29, 0.717) is 11.3 Å². The summed E-state index contributed by atoms with van der Waals surface area (Å²) in [5, 5.41) is 2.83. The van der Waals surface area contributed by atoms with E-state index in [1.165, 1.54) is 0 Å². The van der Waals surface area contributed by atoms with Crippen molar-refractivity contribution in [2.45, 2.75) is 32.7 Å². The Hall–Kier alpha value is -1.88. The van der Waals surface area contributed by atoms with Gasteiger partial charge in [0, 0.05) is 11.3 Å². The number of carbonyl (C=O) groups is 2. The van der Waals surface area contributed by atoms with Gasteiger partial charge in [0.15, 0.2) is 0 Å². The summed E-state index contributed by atoms with van der Waals surface area (Å²) in [5.74, 6) is -0.536. The molecule has 0 aliphatic rings. The predicted molar refractivity (Wildman–Crippen MR) is 80.6 cm³/mol. The fraction of sp³-hybridized carbons (Fsp3) is 0.467. The second-order valence-corrected chi connectivity index (χ2v) is 4.94. The molecule has 0 saturated heterocycles. The van der Waals surface area contributed by atoms with Crippen LogP contribution < -0.4 is 11.1 Å². The van der Waals surface area contributed by atoms with Crippen molar-refractivity contribution in [1.82, 2.24) is 4.90 Å². The molecule has 1 atom stereocenters. The zero-order valence-electron chi connectivity index (χ0n) is 12.3. The maximum atomic E-state index is 12.1. The largest absolute Gasteiger partial charge is 0.366 e. The molecule has 0 aliphatic carbocycles. The molecule has 1 rings (SSSR count). The summed E-state index contributed by atoms with van der Waals surface area (Å²) in [4.78, 5) is 25.1. The van der Waals surface area contributed by atoms with Crippen molar-refractivity contribution in [1.29, 1.82) is 0 Å². The van der Waals surface area contributed by atoms with Gasteiger partial charge in [-0.25, -0.2) is 0 Å². The summed E-state index contributed by atoms with van der Waals surface area (Å²) in [6, 6.07) is 6.36. The molecule has 1 aromatic carbocycles. The molecule has 0 radical (unpaired) electrons. The third-order valence-electron chi connectivity index (χ3n) is 3.34. The van der Waals surface area contributed by atoms with E-state index >= 15 is 0 Å². The van der Waals surface area contributed by atoms with E-state index in [4.69, 9.17) is 5.73 Å². The lowest BCUT2D eigenvalue weighted by Crippen LogP contribution is -2.40. The van der Waals surface area contributed by atoms with E-state index in [2.05, 4.69) is 12.2 Å². The van der Waals surface area contributed by atoms with Crippen LogP contribution >= 0.6 is 0 Å². The van der Waals surface area contributed by atoms with Gasteiger partial charge in [-0.15, -0.1) is 0 Å². The van der Waals surface area contributed by atoms with Gasteiger partial charge in [-0.05, 0) is 51.2 Å². The normalized spacial score (nSPS) is 12.2. The van der Waals surface area contributed by atoms with Crippen LogP contribution in [-0.4, -0.2) is 36.3 Å². The zero-order chi connectivity index (χ0) is 15.1. The molecular formula is C15H23N3O2. The molecule has 2 amide bonds. The molecule has 0 fully saturated rings. The highest BCUT2D eigenvalue weighted by Crippen LogP contribution is 2.10. The van der Waals surface area contributed by atoms with Crippen molar-refractivity contribution in [2.24, 2.45) is 5.73 Å². The second kappa shape index (κ2) is 7.65. The highest BCUT2D eigenvalue weighted by Gasteiger charge is 2.17. The molecule has 110 valence electrons. The molecule has 0 unspecified atom stereocenters. The predicted octanol–water partition coefficient (Wildman–Crippen LogP) is 1.84. The van der Waals surface area contributed by atoms with Crippen molar-refractivity contribution in [3.63, 3.8) is 0 Å². The lowest BCUT2D eigenvalue weighted by Gasteiger charge is -2.23. The number of unbranched alkanes of at least 4 members (excludes halogenated alkanes) is 1. The standard InChI is InChI=1S/C15H23N3O2/c1-4-5-10-18(3)11(2)15(20)17-13-8-6-12(7-9-13)14(16)19/h6-9,11H,4-5,10H2,1-3H3,(H2,16,19)(H,17,20)/t11-/m0/s1. The highest BCUT2D eigenvalue weighted by atomic mass is 16.2. The van der Waals surface area contributed by atoms with Gasteiger partial charge >= 0.3 is 0 Å². The molecule has 0 aromatic heterocycles. The van der Waals surface area contributed by atoms with Crippen LogP contribution in [0.4, 0.5) is 5.69 Å². The minimum atomic E-state index is -0.476. The molecule has 0 bridgehead atoms. The highest BCUT2D eigenvalue weighted by molar-refractivity contribution is 5.96. The third kappa shape index (κ3) is 4.66. The number of hydrogen-bond donors (Lipinski definition) is 2. The zero-order valence-corrected chi connectivity index (χ0v) is 12.3. The van der Waals surface area contributed by atoms with Gasteiger partial charge in [-0.1, -0.05) is 13.3 Å². The Labute approximate surface area is 120 Å². The number of rotatable bonds is 7. The van der Waals surface area contributed by atoms with Crippen molar-refractivity contribution in [3.05, 3.63) is 29.8 Å². The van der Waals surface area contributed by atoms with Crippen LogP contribution in [0.15, 0.2) is 24.3 Å². The summed E-state index contributed by atoms with van der Waals surface area (Å²) in [6.45, 7) is 4.90. The Morgan fingerprint density at radius 3 is 2.40 bits per heavy atom. The summed E-state index contributed by atoms with van der Waals surface area (Å²) >= 11 is 0. The van der Waals surface area contributed by atoms with Gasteiger partial charge < -0.3 is 11.1 Å². The van der Waals surface area contributed by atoms with Gasteiger partial charge in [0.2, 0.25) is 11.8 Å². The number of benzene rings is 1. The number of nitrogens with two attached hydrogens (primary N) is 1. The first-order valence-electron chi connectivity index (χ1n) is 6.86. The molecule has 5 heteroatoms. The van der Waals surface area contributed by atoms with Gasteiger partial charge in [0.05, 0.1) is 6.04 Å². The quantitative estimate of drug-likeness (QED) is 0.798. The number of likely N-dealkylation sites (N-methyl/N-ethyl adjacent to an activating group) is 1. The molecule has 3 N–H and O–H groups in total. The summed E-state index contributed by atoms with van der Waals surface area (Å²) < 4.78 is 0. The molecule has 5 nitrogen and oxygen atoms in total. The third-order valence-corrected chi connectivity index (χ3v) is 3.34. The number of hydrogen-bond acceptors (Lipinski definition) is 3. The fourth-order valence-electron chi connectivity index (χ4n) is 1.77. The first-order valence-corrected chi connectivity index (χ1v) is 6.86. The Kier molecular flexibility index (Phi) is 6.18. The second-order valence-electron chi connectivity index (χ2n) is 4.94. The number of anilines is 1. The van der Waals surface area contributed by atoms with E-state index in [9.17, 15) is 9.59 Å². The molecular weight excluding hydrogens is 254 g/mol. The van der Waals surface area contributed by atoms with E-state index in [1.807, 2.05) is 18.9 Å². The van der Waals surface area contributed by atoms with E-state index in [0.717, 1.165) is 19.4 Å². The van der Waals surface area contributed by atoms with Crippen molar-refractivity contribution >= 4 is 17.5 Å². The number of primary amides is 1. The van der Waals surface area contributed by atoms with Gasteiger partial charge in [-0.3, -0.25) is 14.5 Å². The summed E-state index contributed by atoms with van der Waals surface area (Å²) in [5.41, 5.74) is 6.26. The monoisotopic (exact) mass is 277 g/mol. The van der Waals surface area contributed by atoms with Gasteiger partial charge in [0.25, 0.3) is 0 Å². The minimum absolute atomic E-state index is 0.0598. The van der Waals surface area contributed by atoms with Crippen LogP contribution in [0.1, 0.15) is 37.0 Å². The number of nitrogens with one attached hydrogen (secondary N) is 1. The van der Waals surface area contributed by atoms with E-state index < -0.39 is 5.91 Å². The van der Waals surface area contributed by atoms with Crippen molar-refractivity contribution in [2.75, 3.05) is 18.9 Å². The van der Waals surface area contributed by atoms with Crippen molar-refractivity contribution < 1.29 is 9.59 Å². The molecule has 1 aromatic rings. The maximum Gasteiger partial charge on any atom is 0.248 e. The Morgan fingerprint density at radius 1 is 1.30 bits per heavy atom. The smallest absolute Gasteiger partial charge is 0.248 e. The van der Waals surface area contributed by atoms with Crippen LogP contribution in [0, 0.1) is 0 Å². The Morgan fingerprint density at radius 2 is 1.90 bits per heavy atom. The summed E-state index contributed by atoms with van der Waals surface area (Å²) in [6.07, 6.45) is 2.18. The first-order chi connectivity index (χ1) is 9.45.